The molecule has 3 heteroatoms. The molecule has 0 aromatic heterocycles. The minimum Gasteiger partial charge on any atom is -0.505 e. The quantitative estimate of drug-likeness (QED) is 0.560. The maximum Gasteiger partial charge on any atom is 0.164 e. The maximum absolute atomic E-state index is 12.1. The molecule has 0 atom stereocenters. The third-order valence-corrected chi connectivity index (χ3v) is 0.852. The molecule has 4 N–H and O–H groups in total. The Morgan fingerprint density at radius 1 is 1.22 bits per heavy atom. The molecule has 50 valence electrons. The predicted octanol–water partition coefficient (Wildman–Crippen LogP) is 1.69. The third kappa shape index (κ3) is 1.70. The Labute approximate surface area is 52.5 Å². The molecule has 1 rings (SSSR count). The molecule has 0 fully saturated rings. The second kappa shape index (κ2) is 3.04. The zero-order chi connectivity index (χ0) is 5.98. The smallest absolute Gasteiger partial charge is 0.164 e. The van der Waals surface area contributed by atoms with Crippen molar-refractivity contribution in [3.63, 3.8) is 0 Å². The normalized spacial score (nSPS) is 8.11. The first-order valence-corrected chi connectivity index (χ1v) is 2.24. The molecule has 0 aliphatic heterocycles. The van der Waals surface area contributed by atoms with Gasteiger partial charge in [0.1, 0.15) is 0 Å². The Morgan fingerprint density at radius 3 is 2.11 bits per heavy atom. The van der Waals surface area contributed by atoms with Crippen LogP contribution in [0.1, 0.15) is 0 Å². The summed E-state index contributed by atoms with van der Waals surface area (Å²) in [5.74, 6) is -0.875. The second-order valence-electron chi connectivity index (χ2n) is 1.45. The number of para-hydroxylation sites is 1. The SMILES string of the molecule is N.Oc1ccccc1F. The summed E-state index contributed by atoms with van der Waals surface area (Å²) >= 11 is 0. The molecular weight excluding hydrogens is 121 g/mol. The summed E-state index contributed by atoms with van der Waals surface area (Å²) in [6.45, 7) is 0. The fraction of sp³-hybridized carbons (Fsp3) is 0. The average molecular weight is 129 g/mol. The van der Waals surface area contributed by atoms with Crippen molar-refractivity contribution in [2.45, 2.75) is 0 Å². The fourth-order valence-electron chi connectivity index (χ4n) is 0.452. The standard InChI is InChI=1S/C6H5FO.H3N/c7-5-3-1-2-4-6(5)8;/h1-4,8H;1H3. The Balaban J connectivity index is 0.000000640. The van der Waals surface area contributed by atoms with Gasteiger partial charge in [0.25, 0.3) is 0 Å². The summed E-state index contributed by atoms with van der Waals surface area (Å²) in [5, 5.41) is 8.54. The number of aromatic hydroxyl groups is 1. The Kier molecular flexibility index (Phi) is 2.67. The number of rotatable bonds is 0. The third-order valence-electron chi connectivity index (χ3n) is 0.852. The summed E-state index contributed by atoms with van der Waals surface area (Å²) in [7, 11) is 0. The highest BCUT2D eigenvalue weighted by atomic mass is 19.1. The molecular formula is C6H8FNO. The van der Waals surface area contributed by atoms with Crippen LogP contribution in [0, 0.1) is 5.82 Å². The van der Waals surface area contributed by atoms with Gasteiger partial charge in [-0.05, 0) is 12.1 Å². The lowest BCUT2D eigenvalue weighted by atomic mass is 10.3. The van der Waals surface area contributed by atoms with Crippen LogP contribution in [-0.4, -0.2) is 5.11 Å². The van der Waals surface area contributed by atoms with Crippen LogP contribution in [0.5, 0.6) is 5.75 Å². The van der Waals surface area contributed by atoms with Crippen molar-refractivity contribution in [2.75, 3.05) is 0 Å². The Bertz CT molecular complexity index is 169. The van der Waals surface area contributed by atoms with E-state index in [9.17, 15) is 4.39 Å². The first-order chi connectivity index (χ1) is 3.80. The number of halogens is 1. The molecule has 0 saturated heterocycles. The molecule has 1 aromatic rings. The van der Waals surface area contributed by atoms with Gasteiger partial charge in [-0.25, -0.2) is 4.39 Å². The fourth-order valence-corrected chi connectivity index (χ4v) is 0.452. The largest absolute Gasteiger partial charge is 0.505 e. The Morgan fingerprint density at radius 2 is 1.78 bits per heavy atom. The van der Waals surface area contributed by atoms with Gasteiger partial charge in [0, 0.05) is 0 Å². The lowest BCUT2D eigenvalue weighted by Crippen LogP contribution is -1.70. The van der Waals surface area contributed by atoms with Crippen molar-refractivity contribution in [3.05, 3.63) is 30.1 Å². The maximum atomic E-state index is 12.1. The van der Waals surface area contributed by atoms with Gasteiger partial charge in [-0.3, -0.25) is 0 Å². The van der Waals surface area contributed by atoms with Gasteiger partial charge in [0.2, 0.25) is 0 Å². The first-order valence-electron chi connectivity index (χ1n) is 2.24. The summed E-state index contributed by atoms with van der Waals surface area (Å²) in [6.07, 6.45) is 0. The van der Waals surface area contributed by atoms with Gasteiger partial charge < -0.3 is 11.3 Å². The van der Waals surface area contributed by atoms with Crippen molar-refractivity contribution in [2.24, 2.45) is 0 Å². The highest BCUT2D eigenvalue weighted by Crippen LogP contribution is 2.11. The molecule has 0 saturated carbocycles. The topological polar surface area (TPSA) is 55.2 Å². The number of hydrogen-bond acceptors (Lipinski definition) is 2. The van der Waals surface area contributed by atoms with Crippen molar-refractivity contribution in [1.82, 2.24) is 6.15 Å². The van der Waals surface area contributed by atoms with E-state index in [2.05, 4.69) is 0 Å². The van der Waals surface area contributed by atoms with Gasteiger partial charge in [0.15, 0.2) is 11.6 Å². The van der Waals surface area contributed by atoms with Gasteiger partial charge in [-0.2, -0.15) is 0 Å². The highest BCUT2D eigenvalue weighted by Gasteiger charge is 1.91. The lowest BCUT2D eigenvalue weighted by molar-refractivity contribution is 0.432. The number of benzene rings is 1. The first kappa shape index (κ1) is 7.91. The molecule has 0 aliphatic carbocycles. The molecule has 0 aliphatic rings. The number of phenols is 1. The van der Waals surface area contributed by atoms with Crippen molar-refractivity contribution in [1.29, 1.82) is 0 Å². The van der Waals surface area contributed by atoms with Crippen LogP contribution in [0.25, 0.3) is 0 Å². The van der Waals surface area contributed by atoms with Crippen LogP contribution in [0.2, 0.25) is 0 Å². The molecule has 0 heterocycles. The minimum absolute atomic E-state index is 0. The van der Waals surface area contributed by atoms with E-state index in [1.165, 1.54) is 18.2 Å². The van der Waals surface area contributed by atoms with E-state index in [1.54, 1.807) is 6.07 Å². The molecule has 9 heavy (non-hydrogen) atoms. The number of hydrogen-bond donors (Lipinski definition) is 2. The second-order valence-corrected chi connectivity index (χ2v) is 1.45. The molecule has 0 radical (unpaired) electrons. The van der Waals surface area contributed by atoms with Crippen LogP contribution in [0.4, 0.5) is 4.39 Å². The monoisotopic (exact) mass is 129 g/mol. The van der Waals surface area contributed by atoms with E-state index >= 15 is 0 Å². The lowest BCUT2D eigenvalue weighted by Gasteiger charge is -1.88. The molecule has 0 unspecified atom stereocenters. The molecule has 0 amide bonds. The van der Waals surface area contributed by atoms with Gasteiger partial charge in [-0.1, -0.05) is 12.1 Å². The van der Waals surface area contributed by atoms with E-state index in [0.29, 0.717) is 0 Å². The van der Waals surface area contributed by atoms with E-state index < -0.39 is 5.82 Å². The number of phenolic OH excluding ortho intramolecular Hbond substituents is 1. The highest BCUT2D eigenvalue weighted by molar-refractivity contribution is 5.21. The van der Waals surface area contributed by atoms with Gasteiger partial charge in [0.05, 0.1) is 0 Å². The molecule has 2 nitrogen and oxygen atoms in total. The Hall–Kier alpha value is -1.09. The van der Waals surface area contributed by atoms with E-state index in [4.69, 9.17) is 5.11 Å². The molecule has 0 bridgehead atoms. The van der Waals surface area contributed by atoms with Crippen LogP contribution in [-0.2, 0) is 0 Å². The van der Waals surface area contributed by atoms with Crippen LogP contribution in [0.15, 0.2) is 24.3 Å². The van der Waals surface area contributed by atoms with Crippen molar-refractivity contribution < 1.29 is 9.50 Å². The van der Waals surface area contributed by atoms with Crippen molar-refractivity contribution in [3.8, 4) is 5.75 Å². The summed E-state index contributed by atoms with van der Waals surface area (Å²) < 4.78 is 12.1. The van der Waals surface area contributed by atoms with E-state index in [0.717, 1.165) is 0 Å². The summed E-state index contributed by atoms with van der Waals surface area (Å²) in [4.78, 5) is 0. The van der Waals surface area contributed by atoms with Gasteiger partial charge in [-0.15, -0.1) is 0 Å². The zero-order valence-electron chi connectivity index (χ0n) is 4.84. The summed E-state index contributed by atoms with van der Waals surface area (Å²) in [5.41, 5.74) is 0. The molecule has 1 aromatic carbocycles. The average Bonchev–Trinajstić information content (AvgIpc) is 1.77. The zero-order valence-corrected chi connectivity index (χ0v) is 4.84. The predicted molar refractivity (Wildman–Crippen MR) is 33.1 cm³/mol. The van der Waals surface area contributed by atoms with E-state index in [-0.39, 0.29) is 11.9 Å². The van der Waals surface area contributed by atoms with Crippen LogP contribution < -0.4 is 6.15 Å². The summed E-state index contributed by atoms with van der Waals surface area (Å²) in [6, 6.07) is 5.60. The van der Waals surface area contributed by atoms with Crippen LogP contribution >= 0.6 is 0 Å². The minimum atomic E-state index is -0.576. The van der Waals surface area contributed by atoms with Crippen molar-refractivity contribution >= 4 is 0 Å². The van der Waals surface area contributed by atoms with Crippen LogP contribution in [0.3, 0.4) is 0 Å². The van der Waals surface area contributed by atoms with E-state index in [1.807, 2.05) is 0 Å². The molecule has 0 spiro atoms. The van der Waals surface area contributed by atoms with Gasteiger partial charge >= 0.3 is 0 Å².